The molecule has 3 rings (SSSR count). The maximum absolute atomic E-state index is 12.7. The van der Waals surface area contributed by atoms with E-state index >= 15 is 0 Å². The Balaban J connectivity index is 1.60. The van der Waals surface area contributed by atoms with E-state index < -0.39 is 0 Å². The highest BCUT2D eigenvalue weighted by Gasteiger charge is 2.13. The number of pyridine rings is 1. The number of nitrogens with one attached hydrogen (secondary N) is 2. The van der Waals surface area contributed by atoms with Crippen LogP contribution < -0.4 is 15.4 Å². The molecule has 0 aliphatic rings. The molecular weight excluding hydrogens is 404 g/mol. The fourth-order valence-electron chi connectivity index (χ4n) is 3.57. The van der Waals surface area contributed by atoms with Crippen LogP contribution in [0.2, 0.25) is 0 Å². The van der Waals surface area contributed by atoms with Crippen LogP contribution in [0.5, 0.6) is 5.75 Å². The molecule has 0 saturated heterocycles. The zero-order chi connectivity index (χ0) is 22.9. The molecular formula is C24H32N6O2. The van der Waals surface area contributed by atoms with E-state index in [1.54, 1.807) is 25.6 Å². The molecule has 0 spiro atoms. The number of aromatic nitrogens is 3. The van der Waals surface area contributed by atoms with Crippen LogP contribution in [-0.2, 0) is 0 Å². The molecule has 0 bridgehead atoms. The smallest absolute Gasteiger partial charge is 0.275 e. The van der Waals surface area contributed by atoms with Crippen LogP contribution in [0.3, 0.4) is 0 Å². The summed E-state index contributed by atoms with van der Waals surface area (Å²) in [6, 6.07) is 7.66. The summed E-state index contributed by atoms with van der Waals surface area (Å²) >= 11 is 0. The van der Waals surface area contributed by atoms with Crippen molar-refractivity contribution in [2.24, 2.45) is 0 Å². The Hall–Kier alpha value is -3.26. The molecule has 0 fully saturated rings. The number of amides is 1. The van der Waals surface area contributed by atoms with Gasteiger partial charge in [0, 0.05) is 23.7 Å². The maximum Gasteiger partial charge on any atom is 0.275 e. The van der Waals surface area contributed by atoms with Gasteiger partial charge < -0.3 is 20.3 Å². The zero-order valence-corrected chi connectivity index (χ0v) is 19.3. The van der Waals surface area contributed by atoms with Crippen molar-refractivity contribution in [3.8, 4) is 5.75 Å². The van der Waals surface area contributed by atoms with Gasteiger partial charge in [0.25, 0.3) is 5.91 Å². The molecule has 0 aliphatic carbocycles. The van der Waals surface area contributed by atoms with E-state index in [2.05, 4.69) is 51.3 Å². The number of methoxy groups -OCH3 is 1. The van der Waals surface area contributed by atoms with Crippen LogP contribution in [0.1, 0.15) is 44.1 Å². The quantitative estimate of drug-likeness (QED) is 0.465. The minimum absolute atomic E-state index is 0.233. The number of hydrogen-bond donors (Lipinski definition) is 2. The van der Waals surface area contributed by atoms with E-state index in [1.807, 2.05) is 18.2 Å². The Morgan fingerprint density at radius 2 is 1.97 bits per heavy atom. The van der Waals surface area contributed by atoms with Crippen molar-refractivity contribution in [3.63, 3.8) is 0 Å². The normalized spacial score (nSPS) is 12.0. The summed E-state index contributed by atoms with van der Waals surface area (Å²) in [6.45, 7) is 9.75. The number of carbonyl (C=O) groups is 1. The van der Waals surface area contributed by atoms with Crippen molar-refractivity contribution in [2.45, 2.75) is 39.7 Å². The number of fused-ring (bicyclic) bond motifs is 1. The average Bonchev–Trinajstić information content (AvgIpc) is 2.82. The number of nitrogens with zero attached hydrogens (tertiary/aromatic N) is 4. The molecule has 8 nitrogen and oxygen atoms in total. The maximum atomic E-state index is 12.7. The van der Waals surface area contributed by atoms with E-state index in [0.717, 1.165) is 37.9 Å². The first-order valence-electron chi connectivity index (χ1n) is 11.1. The van der Waals surface area contributed by atoms with Gasteiger partial charge in [0.15, 0.2) is 0 Å². The van der Waals surface area contributed by atoms with Crippen molar-refractivity contribution in [1.29, 1.82) is 0 Å². The predicted octanol–water partition coefficient (Wildman–Crippen LogP) is 4.21. The summed E-state index contributed by atoms with van der Waals surface area (Å²) in [5.74, 6) is 0.948. The summed E-state index contributed by atoms with van der Waals surface area (Å²) in [7, 11) is 1.59. The van der Waals surface area contributed by atoms with E-state index in [1.165, 1.54) is 6.20 Å². The van der Waals surface area contributed by atoms with E-state index in [0.29, 0.717) is 22.8 Å². The Morgan fingerprint density at radius 3 is 2.66 bits per heavy atom. The molecule has 1 atom stereocenters. The monoisotopic (exact) mass is 436 g/mol. The molecule has 1 aromatic carbocycles. The van der Waals surface area contributed by atoms with Gasteiger partial charge in [-0.05, 0) is 51.5 Å². The number of ether oxygens (including phenoxy) is 1. The Bertz CT molecular complexity index is 1020. The number of benzene rings is 1. The first-order valence-corrected chi connectivity index (χ1v) is 11.1. The first-order chi connectivity index (χ1) is 15.5. The molecule has 32 heavy (non-hydrogen) atoms. The SMILES string of the molecule is CCN(CC)CCCC(C)Nc1cnc(C(=O)Nc2cc(OC)cc3cccnc23)cn1. The third-order valence-corrected chi connectivity index (χ3v) is 5.45. The van der Waals surface area contributed by atoms with Gasteiger partial charge in [-0.15, -0.1) is 0 Å². The number of rotatable bonds is 11. The van der Waals surface area contributed by atoms with Gasteiger partial charge in [0.05, 0.1) is 30.7 Å². The van der Waals surface area contributed by atoms with E-state index in [9.17, 15) is 4.79 Å². The van der Waals surface area contributed by atoms with Crippen LogP contribution in [0, 0.1) is 0 Å². The fraction of sp³-hybridized carbons (Fsp3) is 0.417. The van der Waals surface area contributed by atoms with Crippen molar-refractivity contribution in [2.75, 3.05) is 37.4 Å². The van der Waals surface area contributed by atoms with Gasteiger partial charge >= 0.3 is 0 Å². The second-order valence-electron chi connectivity index (χ2n) is 7.71. The lowest BCUT2D eigenvalue weighted by Gasteiger charge is -2.20. The van der Waals surface area contributed by atoms with Gasteiger partial charge in [0.1, 0.15) is 17.3 Å². The third kappa shape index (κ3) is 6.13. The summed E-state index contributed by atoms with van der Waals surface area (Å²) in [4.78, 5) is 28.2. The summed E-state index contributed by atoms with van der Waals surface area (Å²) in [6.07, 6.45) is 6.92. The molecule has 0 aliphatic heterocycles. The minimum Gasteiger partial charge on any atom is -0.497 e. The molecule has 1 unspecified atom stereocenters. The van der Waals surface area contributed by atoms with Crippen LogP contribution in [-0.4, -0.2) is 58.5 Å². The lowest BCUT2D eigenvalue weighted by atomic mass is 10.1. The molecule has 0 saturated carbocycles. The van der Waals surface area contributed by atoms with Gasteiger partial charge in [-0.3, -0.25) is 9.78 Å². The van der Waals surface area contributed by atoms with Gasteiger partial charge in [-0.25, -0.2) is 9.97 Å². The number of carbonyl (C=O) groups excluding carboxylic acids is 1. The van der Waals surface area contributed by atoms with Crippen molar-refractivity contribution < 1.29 is 9.53 Å². The highest BCUT2D eigenvalue weighted by Crippen LogP contribution is 2.28. The molecule has 8 heteroatoms. The van der Waals surface area contributed by atoms with Crippen molar-refractivity contribution >= 4 is 28.3 Å². The van der Waals surface area contributed by atoms with E-state index in [-0.39, 0.29) is 17.6 Å². The van der Waals surface area contributed by atoms with E-state index in [4.69, 9.17) is 4.74 Å². The Labute approximate surface area is 189 Å². The summed E-state index contributed by atoms with van der Waals surface area (Å²) in [5, 5.41) is 7.11. The lowest BCUT2D eigenvalue weighted by molar-refractivity contribution is 0.102. The summed E-state index contributed by atoms with van der Waals surface area (Å²) < 4.78 is 5.34. The van der Waals surface area contributed by atoms with Crippen molar-refractivity contribution in [3.05, 3.63) is 48.5 Å². The topological polar surface area (TPSA) is 92.3 Å². The van der Waals surface area contributed by atoms with Crippen molar-refractivity contribution in [1.82, 2.24) is 19.9 Å². The number of hydrogen-bond acceptors (Lipinski definition) is 7. The minimum atomic E-state index is -0.350. The summed E-state index contributed by atoms with van der Waals surface area (Å²) in [5.41, 5.74) is 1.49. The largest absolute Gasteiger partial charge is 0.497 e. The third-order valence-electron chi connectivity index (χ3n) is 5.45. The molecule has 1 amide bonds. The average molecular weight is 437 g/mol. The van der Waals surface area contributed by atoms with Crippen LogP contribution in [0.25, 0.3) is 10.9 Å². The Kier molecular flexibility index (Phi) is 8.33. The van der Waals surface area contributed by atoms with Gasteiger partial charge in [-0.1, -0.05) is 19.9 Å². The van der Waals surface area contributed by atoms with Crippen LogP contribution in [0.15, 0.2) is 42.9 Å². The second-order valence-corrected chi connectivity index (χ2v) is 7.71. The predicted molar refractivity (Wildman–Crippen MR) is 128 cm³/mol. The highest BCUT2D eigenvalue weighted by molar-refractivity contribution is 6.07. The molecule has 2 aromatic heterocycles. The van der Waals surface area contributed by atoms with Crippen LogP contribution >= 0.6 is 0 Å². The van der Waals surface area contributed by atoms with Crippen LogP contribution in [0.4, 0.5) is 11.5 Å². The molecule has 2 heterocycles. The number of anilines is 2. The fourth-order valence-corrected chi connectivity index (χ4v) is 3.57. The lowest BCUT2D eigenvalue weighted by Crippen LogP contribution is -2.25. The first kappa shape index (κ1) is 23.4. The zero-order valence-electron chi connectivity index (χ0n) is 19.3. The van der Waals surface area contributed by atoms with Gasteiger partial charge in [-0.2, -0.15) is 0 Å². The van der Waals surface area contributed by atoms with Gasteiger partial charge in [0.2, 0.25) is 0 Å². The molecule has 0 radical (unpaired) electrons. The highest BCUT2D eigenvalue weighted by atomic mass is 16.5. The second kappa shape index (κ2) is 11.4. The Morgan fingerprint density at radius 1 is 1.16 bits per heavy atom. The molecule has 170 valence electrons. The molecule has 2 N–H and O–H groups in total. The molecule has 3 aromatic rings. The standard InChI is InChI=1S/C24H32N6O2/c1-5-30(6-2)12-8-9-17(3)28-22-16-26-21(15-27-22)24(31)29-20-14-19(32-4)13-18-10-7-11-25-23(18)20/h7,10-11,13-17H,5-6,8-9,12H2,1-4H3,(H,27,28)(H,29,31).